The maximum Gasteiger partial charge on any atom is 0.339 e. The molecular weight excluding hydrogens is 386 g/mol. The molecule has 1 aromatic heterocycles. The van der Waals surface area contributed by atoms with E-state index < -0.39 is 5.97 Å². The van der Waals surface area contributed by atoms with Crippen LogP contribution in [0.15, 0.2) is 84.9 Å². The molecule has 0 spiro atoms. The molecule has 0 saturated heterocycles. The maximum atomic E-state index is 12.8. The van der Waals surface area contributed by atoms with Gasteiger partial charge in [-0.25, -0.2) is 9.78 Å². The fraction of sp³-hybridized carbons (Fsp3) is 0.0417. The summed E-state index contributed by atoms with van der Waals surface area (Å²) in [7, 11) is 0. The molecule has 0 N–H and O–H groups in total. The van der Waals surface area contributed by atoms with E-state index in [4.69, 9.17) is 16.3 Å². The van der Waals surface area contributed by atoms with E-state index in [2.05, 4.69) is 4.98 Å². The number of hydrogen-bond donors (Lipinski definition) is 0. The highest BCUT2D eigenvalue weighted by molar-refractivity contribution is 6.30. The Morgan fingerprint density at radius 1 is 0.862 bits per heavy atom. The van der Waals surface area contributed by atoms with Gasteiger partial charge in [-0.2, -0.15) is 0 Å². The van der Waals surface area contributed by atoms with Gasteiger partial charge in [0.2, 0.25) is 0 Å². The quantitative estimate of drug-likeness (QED) is 0.323. The van der Waals surface area contributed by atoms with Gasteiger partial charge < -0.3 is 4.74 Å². The van der Waals surface area contributed by atoms with Gasteiger partial charge in [-0.15, -0.1) is 0 Å². The molecule has 4 nitrogen and oxygen atoms in total. The standard InChI is InChI=1S/C24H16ClNO3/c25-18-12-10-16(11-13-18)22-14-20(19-8-4-5-9-21(19)26-22)24(28)29-15-23(27)17-6-2-1-3-7-17/h1-14H,15H2. The Labute approximate surface area is 172 Å². The van der Waals surface area contributed by atoms with Crippen molar-refractivity contribution in [1.29, 1.82) is 0 Å². The van der Waals surface area contributed by atoms with Crippen LogP contribution in [0.25, 0.3) is 22.2 Å². The zero-order valence-corrected chi connectivity index (χ0v) is 16.1. The van der Waals surface area contributed by atoms with Gasteiger partial charge in [0.1, 0.15) is 0 Å². The third kappa shape index (κ3) is 4.18. The Balaban J connectivity index is 1.65. The Kier molecular flexibility index (Phi) is 5.36. The maximum absolute atomic E-state index is 12.8. The Morgan fingerprint density at radius 3 is 2.31 bits per heavy atom. The first-order chi connectivity index (χ1) is 14.1. The molecule has 0 atom stereocenters. The third-order valence-electron chi connectivity index (χ3n) is 4.51. The predicted octanol–water partition coefficient (Wildman–Crippen LogP) is 5.59. The highest BCUT2D eigenvalue weighted by atomic mass is 35.5. The number of esters is 1. The Morgan fingerprint density at radius 2 is 1.55 bits per heavy atom. The number of carbonyl (C=O) groups excluding carboxylic acids is 2. The van der Waals surface area contributed by atoms with Crippen molar-refractivity contribution < 1.29 is 14.3 Å². The molecule has 3 aromatic carbocycles. The minimum Gasteiger partial charge on any atom is -0.454 e. The molecule has 1 heterocycles. The second-order valence-electron chi connectivity index (χ2n) is 6.44. The molecule has 4 aromatic rings. The van der Waals surface area contributed by atoms with Gasteiger partial charge in [0.25, 0.3) is 0 Å². The van der Waals surface area contributed by atoms with Crippen LogP contribution < -0.4 is 0 Å². The summed E-state index contributed by atoms with van der Waals surface area (Å²) < 4.78 is 5.33. The van der Waals surface area contributed by atoms with Crippen molar-refractivity contribution in [2.24, 2.45) is 0 Å². The number of carbonyl (C=O) groups is 2. The number of aromatic nitrogens is 1. The Bertz CT molecular complexity index is 1190. The van der Waals surface area contributed by atoms with Gasteiger partial charge in [0, 0.05) is 21.5 Å². The molecule has 0 aliphatic carbocycles. The summed E-state index contributed by atoms with van der Waals surface area (Å²) in [5, 5.41) is 1.29. The summed E-state index contributed by atoms with van der Waals surface area (Å²) >= 11 is 5.97. The number of fused-ring (bicyclic) bond motifs is 1. The monoisotopic (exact) mass is 401 g/mol. The second kappa shape index (κ2) is 8.25. The number of halogens is 1. The van der Waals surface area contributed by atoms with E-state index in [9.17, 15) is 9.59 Å². The second-order valence-corrected chi connectivity index (χ2v) is 6.88. The first kappa shape index (κ1) is 18.8. The fourth-order valence-electron chi connectivity index (χ4n) is 3.03. The number of rotatable bonds is 5. The van der Waals surface area contributed by atoms with Crippen LogP contribution in [0.4, 0.5) is 0 Å². The third-order valence-corrected chi connectivity index (χ3v) is 4.76. The van der Waals surface area contributed by atoms with Crippen molar-refractivity contribution in [1.82, 2.24) is 4.98 Å². The van der Waals surface area contributed by atoms with E-state index in [1.807, 2.05) is 42.5 Å². The smallest absolute Gasteiger partial charge is 0.339 e. The molecule has 0 saturated carbocycles. The van der Waals surface area contributed by atoms with Crippen LogP contribution in [0.5, 0.6) is 0 Å². The number of benzene rings is 3. The van der Waals surface area contributed by atoms with Crippen LogP contribution in [-0.4, -0.2) is 23.3 Å². The lowest BCUT2D eigenvalue weighted by molar-refractivity contribution is 0.0476. The van der Waals surface area contributed by atoms with Crippen LogP contribution in [0.1, 0.15) is 20.7 Å². The van der Waals surface area contributed by atoms with Crippen LogP contribution in [0, 0.1) is 0 Å². The number of nitrogens with zero attached hydrogens (tertiary/aromatic N) is 1. The first-order valence-electron chi connectivity index (χ1n) is 9.03. The van der Waals surface area contributed by atoms with Crippen molar-refractivity contribution in [3.8, 4) is 11.3 Å². The lowest BCUT2D eigenvalue weighted by Crippen LogP contribution is -2.14. The van der Waals surface area contributed by atoms with Gasteiger partial charge >= 0.3 is 5.97 Å². The molecule has 0 radical (unpaired) electrons. The van der Waals surface area contributed by atoms with E-state index >= 15 is 0 Å². The molecule has 29 heavy (non-hydrogen) atoms. The molecule has 0 aliphatic rings. The number of ether oxygens (including phenoxy) is 1. The highest BCUT2D eigenvalue weighted by Gasteiger charge is 2.17. The van der Waals surface area contributed by atoms with Gasteiger partial charge in [-0.1, -0.05) is 72.3 Å². The molecule has 0 fully saturated rings. The van der Waals surface area contributed by atoms with E-state index in [-0.39, 0.29) is 12.4 Å². The first-order valence-corrected chi connectivity index (χ1v) is 9.41. The molecule has 5 heteroatoms. The minimum atomic E-state index is -0.567. The van der Waals surface area contributed by atoms with Crippen molar-refractivity contribution in [3.63, 3.8) is 0 Å². The summed E-state index contributed by atoms with van der Waals surface area (Å²) in [5.74, 6) is -0.821. The molecular formula is C24H16ClNO3. The van der Waals surface area contributed by atoms with Gasteiger partial charge in [0.15, 0.2) is 12.4 Å². The average Bonchev–Trinajstić information content (AvgIpc) is 2.77. The van der Waals surface area contributed by atoms with Gasteiger partial charge in [0.05, 0.1) is 16.8 Å². The zero-order valence-electron chi connectivity index (χ0n) is 15.3. The summed E-state index contributed by atoms with van der Waals surface area (Å²) in [5.41, 5.74) is 2.99. The topological polar surface area (TPSA) is 56.3 Å². The number of Topliss-reactive ketones (excluding diaryl/α,β-unsaturated/α-hetero) is 1. The van der Waals surface area contributed by atoms with E-state index in [0.29, 0.717) is 32.7 Å². The van der Waals surface area contributed by atoms with Crippen LogP contribution in [-0.2, 0) is 4.74 Å². The predicted molar refractivity (Wildman–Crippen MR) is 113 cm³/mol. The number of para-hydroxylation sites is 1. The average molecular weight is 402 g/mol. The van der Waals surface area contributed by atoms with Crippen molar-refractivity contribution in [2.45, 2.75) is 0 Å². The van der Waals surface area contributed by atoms with Crippen molar-refractivity contribution >= 4 is 34.3 Å². The normalized spacial score (nSPS) is 10.7. The van der Waals surface area contributed by atoms with Crippen molar-refractivity contribution in [3.05, 3.63) is 101 Å². The van der Waals surface area contributed by atoms with E-state index in [1.165, 1.54) is 0 Å². The molecule has 4 rings (SSSR count). The fourth-order valence-corrected chi connectivity index (χ4v) is 3.16. The minimum absolute atomic E-state index is 0.254. The largest absolute Gasteiger partial charge is 0.454 e. The molecule has 0 aliphatic heterocycles. The van der Waals surface area contributed by atoms with E-state index in [1.54, 1.807) is 42.5 Å². The summed E-state index contributed by atoms with van der Waals surface area (Å²) in [6, 6.07) is 25.0. The van der Waals surface area contributed by atoms with E-state index in [0.717, 1.165) is 5.56 Å². The SMILES string of the molecule is O=C(COC(=O)c1cc(-c2ccc(Cl)cc2)nc2ccccc12)c1ccccc1. The highest BCUT2D eigenvalue weighted by Crippen LogP contribution is 2.26. The lowest BCUT2D eigenvalue weighted by Gasteiger charge is -2.10. The number of hydrogen-bond acceptors (Lipinski definition) is 4. The van der Waals surface area contributed by atoms with Crippen LogP contribution in [0.3, 0.4) is 0 Å². The van der Waals surface area contributed by atoms with Crippen LogP contribution in [0.2, 0.25) is 5.02 Å². The van der Waals surface area contributed by atoms with Crippen molar-refractivity contribution in [2.75, 3.05) is 6.61 Å². The zero-order chi connectivity index (χ0) is 20.2. The van der Waals surface area contributed by atoms with Gasteiger partial charge in [-0.3, -0.25) is 4.79 Å². The summed E-state index contributed by atoms with van der Waals surface area (Å²) in [4.78, 5) is 29.7. The van der Waals surface area contributed by atoms with Gasteiger partial charge in [-0.05, 0) is 24.3 Å². The van der Waals surface area contributed by atoms with Crippen LogP contribution >= 0.6 is 11.6 Å². The lowest BCUT2D eigenvalue weighted by atomic mass is 10.0. The molecule has 142 valence electrons. The molecule has 0 unspecified atom stereocenters. The summed E-state index contributed by atoms with van der Waals surface area (Å²) in [6.45, 7) is -0.324. The number of pyridine rings is 1. The molecule has 0 amide bonds. The Hall–Kier alpha value is -3.50. The summed E-state index contributed by atoms with van der Waals surface area (Å²) in [6.07, 6.45) is 0. The molecule has 0 bridgehead atoms. The number of ketones is 1.